The predicted molar refractivity (Wildman–Crippen MR) is 104 cm³/mol. The molecular formula is C16H29IN4O. The molecule has 22 heavy (non-hydrogen) atoms. The number of nitrogens with zero attached hydrogens (tertiary/aromatic N) is 2. The van der Waals surface area contributed by atoms with Crippen LogP contribution in [0.2, 0.25) is 0 Å². The minimum absolute atomic E-state index is 0. The van der Waals surface area contributed by atoms with E-state index in [1.807, 2.05) is 6.07 Å². The fourth-order valence-corrected chi connectivity index (χ4v) is 2.11. The Hall–Kier alpha value is -0.860. The summed E-state index contributed by atoms with van der Waals surface area (Å²) in [6.45, 7) is 2.42. The molecule has 0 radical (unpaired) electrons. The first-order valence-electron chi connectivity index (χ1n) is 7.34. The second kappa shape index (κ2) is 12.7. The second-order valence-corrected chi connectivity index (χ2v) is 5.12. The van der Waals surface area contributed by atoms with Gasteiger partial charge in [-0.15, -0.1) is 24.0 Å². The lowest BCUT2D eigenvalue weighted by Crippen LogP contribution is -2.42. The lowest BCUT2D eigenvalue weighted by molar-refractivity contribution is 0.195. The van der Waals surface area contributed by atoms with Gasteiger partial charge < -0.3 is 20.3 Å². The van der Waals surface area contributed by atoms with Crippen LogP contribution in [0.5, 0.6) is 0 Å². The minimum Gasteiger partial charge on any atom is -0.385 e. The number of guanidine groups is 1. The molecule has 0 saturated heterocycles. The van der Waals surface area contributed by atoms with Crippen LogP contribution in [0.3, 0.4) is 0 Å². The average Bonchev–Trinajstić information content (AvgIpc) is 2.50. The molecule has 1 atom stereocenters. The number of benzene rings is 1. The molecule has 0 aliphatic rings. The normalized spacial score (nSPS) is 12.7. The third kappa shape index (κ3) is 7.95. The highest BCUT2D eigenvalue weighted by atomic mass is 127. The molecule has 0 aliphatic heterocycles. The number of likely N-dealkylation sites (N-methyl/N-ethyl adjacent to an activating group) is 1. The monoisotopic (exact) mass is 420 g/mol. The van der Waals surface area contributed by atoms with Crippen molar-refractivity contribution in [1.29, 1.82) is 0 Å². The van der Waals surface area contributed by atoms with Gasteiger partial charge in [-0.1, -0.05) is 30.3 Å². The zero-order chi connectivity index (χ0) is 15.5. The Balaban J connectivity index is 0.00000441. The van der Waals surface area contributed by atoms with Gasteiger partial charge in [0.25, 0.3) is 0 Å². The smallest absolute Gasteiger partial charge is 0.191 e. The first-order chi connectivity index (χ1) is 10.2. The Bertz CT molecular complexity index is 412. The molecule has 0 fully saturated rings. The molecule has 0 aliphatic carbocycles. The summed E-state index contributed by atoms with van der Waals surface area (Å²) < 4.78 is 5.04. The van der Waals surface area contributed by atoms with Crippen molar-refractivity contribution in [1.82, 2.24) is 15.5 Å². The molecule has 126 valence electrons. The van der Waals surface area contributed by atoms with Gasteiger partial charge in [0, 0.05) is 33.9 Å². The Morgan fingerprint density at radius 3 is 2.45 bits per heavy atom. The van der Waals surface area contributed by atoms with Gasteiger partial charge in [-0.25, -0.2) is 0 Å². The fourth-order valence-electron chi connectivity index (χ4n) is 2.11. The van der Waals surface area contributed by atoms with Crippen molar-refractivity contribution in [3.05, 3.63) is 35.9 Å². The van der Waals surface area contributed by atoms with E-state index in [4.69, 9.17) is 4.74 Å². The van der Waals surface area contributed by atoms with E-state index in [1.165, 1.54) is 5.56 Å². The molecule has 0 amide bonds. The summed E-state index contributed by atoms with van der Waals surface area (Å²) in [5.74, 6) is 0.828. The number of nitrogens with one attached hydrogen (secondary N) is 2. The maximum absolute atomic E-state index is 5.04. The van der Waals surface area contributed by atoms with Crippen LogP contribution >= 0.6 is 24.0 Å². The first-order valence-corrected chi connectivity index (χ1v) is 7.34. The molecule has 5 nitrogen and oxygen atoms in total. The summed E-state index contributed by atoms with van der Waals surface area (Å²) >= 11 is 0. The molecule has 0 bridgehead atoms. The maximum Gasteiger partial charge on any atom is 0.191 e. The molecule has 1 aromatic carbocycles. The summed E-state index contributed by atoms with van der Waals surface area (Å²) in [5.41, 5.74) is 1.30. The SMILES string of the molecule is CN=C(NCCCOC)NCC(c1ccccc1)N(C)C.I. The van der Waals surface area contributed by atoms with Gasteiger partial charge in [-0.05, 0) is 26.1 Å². The number of rotatable bonds is 8. The van der Waals surface area contributed by atoms with Gasteiger partial charge in [-0.3, -0.25) is 4.99 Å². The Morgan fingerprint density at radius 1 is 1.23 bits per heavy atom. The van der Waals surface area contributed by atoms with E-state index in [2.05, 4.69) is 58.9 Å². The van der Waals surface area contributed by atoms with Crippen molar-refractivity contribution in [2.75, 3.05) is 47.9 Å². The van der Waals surface area contributed by atoms with Crippen molar-refractivity contribution in [2.24, 2.45) is 4.99 Å². The third-order valence-corrected chi connectivity index (χ3v) is 3.31. The molecule has 0 heterocycles. The zero-order valence-corrected chi connectivity index (χ0v) is 16.3. The Morgan fingerprint density at radius 2 is 1.91 bits per heavy atom. The number of hydrogen-bond donors (Lipinski definition) is 2. The maximum atomic E-state index is 5.04. The molecule has 1 rings (SSSR count). The van der Waals surface area contributed by atoms with Gasteiger partial charge in [0.15, 0.2) is 5.96 Å². The molecular weight excluding hydrogens is 391 g/mol. The number of methoxy groups -OCH3 is 1. The second-order valence-electron chi connectivity index (χ2n) is 5.12. The Kier molecular flexibility index (Phi) is 12.2. The van der Waals surface area contributed by atoms with Crippen molar-refractivity contribution in [3.63, 3.8) is 0 Å². The summed E-state index contributed by atoms with van der Waals surface area (Å²) in [5, 5.41) is 6.67. The number of hydrogen-bond acceptors (Lipinski definition) is 3. The summed E-state index contributed by atoms with van der Waals surface area (Å²) in [6, 6.07) is 10.8. The third-order valence-electron chi connectivity index (χ3n) is 3.31. The van der Waals surface area contributed by atoms with Gasteiger partial charge in [0.1, 0.15) is 0 Å². The fraction of sp³-hybridized carbons (Fsp3) is 0.562. The van der Waals surface area contributed by atoms with Crippen molar-refractivity contribution in [2.45, 2.75) is 12.5 Å². The topological polar surface area (TPSA) is 48.9 Å². The highest BCUT2D eigenvalue weighted by molar-refractivity contribution is 14.0. The van der Waals surface area contributed by atoms with Gasteiger partial charge >= 0.3 is 0 Å². The average molecular weight is 420 g/mol. The largest absolute Gasteiger partial charge is 0.385 e. The molecule has 2 N–H and O–H groups in total. The standard InChI is InChI=1S/C16H28N4O.HI/c1-17-16(18-11-8-12-21-4)19-13-15(20(2)3)14-9-6-5-7-10-14;/h5-7,9-10,15H,8,11-13H2,1-4H3,(H2,17,18,19);1H. The molecule has 0 spiro atoms. The van der Waals surface area contributed by atoms with Crippen LogP contribution in [0.15, 0.2) is 35.3 Å². The lowest BCUT2D eigenvalue weighted by Gasteiger charge is -2.26. The molecule has 6 heteroatoms. The minimum atomic E-state index is 0. The number of ether oxygens (including phenoxy) is 1. The van der Waals surface area contributed by atoms with Crippen LogP contribution in [-0.2, 0) is 4.74 Å². The van der Waals surface area contributed by atoms with Crippen molar-refractivity contribution in [3.8, 4) is 0 Å². The van der Waals surface area contributed by atoms with Crippen LogP contribution < -0.4 is 10.6 Å². The number of halogens is 1. The van der Waals surface area contributed by atoms with Crippen molar-refractivity contribution < 1.29 is 4.74 Å². The molecule has 0 aromatic heterocycles. The van der Waals surface area contributed by atoms with Crippen LogP contribution in [0.4, 0.5) is 0 Å². The molecule has 0 saturated carbocycles. The van der Waals surface area contributed by atoms with Crippen LogP contribution in [0.25, 0.3) is 0 Å². The lowest BCUT2D eigenvalue weighted by atomic mass is 10.1. The molecule has 1 unspecified atom stereocenters. The van der Waals surface area contributed by atoms with E-state index in [0.717, 1.165) is 32.1 Å². The van der Waals surface area contributed by atoms with Gasteiger partial charge in [0.2, 0.25) is 0 Å². The predicted octanol–water partition coefficient (Wildman–Crippen LogP) is 2.11. The van der Waals surface area contributed by atoms with Crippen LogP contribution in [0, 0.1) is 0 Å². The van der Waals surface area contributed by atoms with E-state index >= 15 is 0 Å². The molecule has 1 aromatic rings. The summed E-state index contributed by atoms with van der Waals surface area (Å²) in [7, 11) is 7.69. The quantitative estimate of drug-likeness (QED) is 0.293. The van der Waals surface area contributed by atoms with E-state index in [1.54, 1.807) is 14.2 Å². The highest BCUT2D eigenvalue weighted by Crippen LogP contribution is 2.16. The zero-order valence-electron chi connectivity index (χ0n) is 14.0. The Labute approximate surface area is 151 Å². The summed E-state index contributed by atoms with van der Waals surface area (Å²) in [4.78, 5) is 6.45. The summed E-state index contributed by atoms with van der Waals surface area (Å²) in [6.07, 6.45) is 0.965. The van der Waals surface area contributed by atoms with Gasteiger partial charge in [-0.2, -0.15) is 0 Å². The van der Waals surface area contributed by atoms with Crippen molar-refractivity contribution >= 4 is 29.9 Å². The number of aliphatic imine (C=N–C) groups is 1. The van der Waals surface area contributed by atoms with Crippen LogP contribution in [0.1, 0.15) is 18.0 Å². The van der Waals surface area contributed by atoms with E-state index in [0.29, 0.717) is 6.04 Å². The highest BCUT2D eigenvalue weighted by Gasteiger charge is 2.13. The van der Waals surface area contributed by atoms with Crippen LogP contribution in [-0.4, -0.2) is 58.8 Å². The van der Waals surface area contributed by atoms with E-state index in [-0.39, 0.29) is 24.0 Å². The van der Waals surface area contributed by atoms with E-state index in [9.17, 15) is 0 Å². The van der Waals surface area contributed by atoms with E-state index < -0.39 is 0 Å². The first kappa shape index (κ1) is 21.1. The van der Waals surface area contributed by atoms with Gasteiger partial charge in [0.05, 0.1) is 6.04 Å².